The lowest BCUT2D eigenvalue weighted by atomic mass is 9.93. The highest BCUT2D eigenvalue weighted by molar-refractivity contribution is 5.74. The Morgan fingerprint density at radius 3 is 2.76 bits per heavy atom. The Bertz CT molecular complexity index is 524. The minimum Gasteiger partial charge on any atom is -0.497 e. The molecule has 0 aromatic heterocycles. The number of rotatable bonds is 5. The molecule has 112 valence electrons. The van der Waals surface area contributed by atoms with E-state index >= 15 is 0 Å². The van der Waals surface area contributed by atoms with E-state index in [-0.39, 0.29) is 30.0 Å². The number of fused-ring (bicyclic) bond motifs is 1. The summed E-state index contributed by atoms with van der Waals surface area (Å²) in [6, 6.07) is 7.62. The summed E-state index contributed by atoms with van der Waals surface area (Å²) in [7, 11) is 1.62. The number of aldehydes is 1. The molecular weight excluding hydrogens is 272 g/mol. The standard InChI is InChI=1S/C16H18O5/c1-19-11-4-2-10(3-5-11)9-20-14-7-15-12(13(14)8-17)6-16(18)21-15/h2-5,8,12-15H,6-7,9H2,1H3/t12-,13+,14-,15+/m1/s1. The summed E-state index contributed by atoms with van der Waals surface area (Å²) in [6.45, 7) is 0.437. The van der Waals surface area contributed by atoms with Crippen LogP contribution in [-0.4, -0.2) is 31.6 Å². The normalized spacial score (nSPS) is 30.8. The molecule has 5 heteroatoms. The topological polar surface area (TPSA) is 61.8 Å². The first-order chi connectivity index (χ1) is 10.2. The molecule has 1 aromatic rings. The van der Waals surface area contributed by atoms with Crippen LogP contribution in [0.4, 0.5) is 0 Å². The first-order valence-corrected chi connectivity index (χ1v) is 7.10. The van der Waals surface area contributed by atoms with Crippen LogP contribution in [0.5, 0.6) is 5.75 Å². The zero-order chi connectivity index (χ0) is 14.8. The molecule has 0 spiro atoms. The van der Waals surface area contributed by atoms with Gasteiger partial charge in [-0.25, -0.2) is 0 Å². The van der Waals surface area contributed by atoms with E-state index in [9.17, 15) is 9.59 Å². The highest BCUT2D eigenvalue weighted by Crippen LogP contribution is 2.41. The second-order valence-electron chi connectivity index (χ2n) is 5.54. The van der Waals surface area contributed by atoms with E-state index in [1.807, 2.05) is 24.3 Å². The first-order valence-electron chi connectivity index (χ1n) is 7.10. The summed E-state index contributed by atoms with van der Waals surface area (Å²) in [4.78, 5) is 22.6. The Kier molecular flexibility index (Phi) is 3.92. The lowest BCUT2D eigenvalue weighted by molar-refractivity contribution is -0.142. The Balaban J connectivity index is 1.60. The number of hydrogen-bond acceptors (Lipinski definition) is 5. The predicted molar refractivity (Wildman–Crippen MR) is 73.7 cm³/mol. The quantitative estimate of drug-likeness (QED) is 0.610. The van der Waals surface area contributed by atoms with Crippen molar-refractivity contribution in [2.24, 2.45) is 11.8 Å². The Labute approximate surface area is 123 Å². The number of benzene rings is 1. The average Bonchev–Trinajstić information content (AvgIpc) is 3.00. The summed E-state index contributed by atoms with van der Waals surface area (Å²) in [6.07, 6.45) is 1.51. The van der Waals surface area contributed by atoms with E-state index in [1.54, 1.807) is 7.11 Å². The van der Waals surface area contributed by atoms with Crippen LogP contribution in [0.25, 0.3) is 0 Å². The zero-order valence-electron chi connectivity index (χ0n) is 11.9. The maximum absolute atomic E-state index is 11.3. The summed E-state index contributed by atoms with van der Waals surface area (Å²) in [5, 5.41) is 0. The molecule has 1 heterocycles. The molecule has 0 bridgehead atoms. The molecule has 0 radical (unpaired) electrons. The van der Waals surface area contributed by atoms with E-state index in [0.29, 0.717) is 19.4 Å². The van der Waals surface area contributed by atoms with Gasteiger partial charge in [0.2, 0.25) is 0 Å². The van der Waals surface area contributed by atoms with Crippen molar-refractivity contribution in [2.75, 3.05) is 7.11 Å². The van der Waals surface area contributed by atoms with Crippen LogP contribution in [0.15, 0.2) is 24.3 Å². The predicted octanol–water partition coefficient (Wildman–Crippen LogP) is 1.73. The zero-order valence-corrected chi connectivity index (χ0v) is 11.9. The fraction of sp³-hybridized carbons (Fsp3) is 0.500. The van der Waals surface area contributed by atoms with Crippen molar-refractivity contribution >= 4 is 12.3 Å². The molecule has 1 aliphatic carbocycles. The van der Waals surface area contributed by atoms with Gasteiger partial charge >= 0.3 is 5.97 Å². The van der Waals surface area contributed by atoms with Gasteiger partial charge in [-0.3, -0.25) is 4.79 Å². The third kappa shape index (κ3) is 2.78. The molecular formula is C16H18O5. The maximum Gasteiger partial charge on any atom is 0.306 e. The lowest BCUT2D eigenvalue weighted by Gasteiger charge is -2.18. The largest absolute Gasteiger partial charge is 0.497 e. The van der Waals surface area contributed by atoms with E-state index < -0.39 is 0 Å². The van der Waals surface area contributed by atoms with Gasteiger partial charge in [-0.2, -0.15) is 0 Å². The minimum atomic E-state index is -0.250. The highest BCUT2D eigenvalue weighted by Gasteiger charge is 2.50. The number of carbonyl (C=O) groups is 2. The van der Waals surface area contributed by atoms with Gasteiger partial charge in [0.25, 0.3) is 0 Å². The number of hydrogen-bond donors (Lipinski definition) is 0. The summed E-state index contributed by atoms with van der Waals surface area (Å²) < 4.78 is 16.2. The average molecular weight is 290 g/mol. The van der Waals surface area contributed by atoms with E-state index in [1.165, 1.54) is 0 Å². The van der Waals surface area contributed by atoms with Crippen LogP contribution in [0, 0.1) is 11.8 Å². The first kappa shape index (κ1) is 14.1. The molecule has 1 aliphatic heterocycles. The van der Waals surface area contributed by atoms with Crippen LogP contribution in [0.3, 0.4) is 0 Å². The fourth-order valence-corrected chi connectivity index (χ4v) is 3.19. The summed E-state index contributed by atoms with van der Waals surface area (Å²) >= 11 is 0. The molecule has 2 fully saturated rings. The van der Waals surface area contributed by atoms with Crippen molar-refractivity contribution in [3.05, 3.63) is 29.8 Å². The molecule has 2 aliphatic rings. The fourth-order valence-electron chi connectivity index (χ4n) is 3.19. The highest BCUT2D eigenvalue weighted by atomic mass is 16.6. The monoisotopic (exact) mass is 290 g/mol. The maximum atomic E-state index is 11.3. The van der Waals surface area contributed by atoms with Gasteiger partial charge in [-0.05, 0) is 17.7 Å². The smallest absolute Gasteiger partial charge is 0.306 e. The number of esters is 1. The van der Waals surface area contributed by atoms with Gasteiger partial charge in [-0.15, -0.1) is 0 Å². The van der Waals surface area contributed by atoms with Crippen molar-refractivity contribution in [3.63, 3.8) is 0 Å². The van der Waals surface area contributed by atoms with E-state index in [4.69, 9.17) is 14.2 Å². The van der Waals surface area contributed by atoms with Gasteiger partial charge in [0.15, 0.2) is 0 Å². The molecule has 0 amide bonds. The molecule has 21 heavy (non-hydrogen) atoms. The van der Waals surface area contributed by atoms with Gasteiger partial charge in [-0.1, -0.05) is 12.1 Å². The van der Waals surface area contributed by atoms with Crippen LogP contribution < -0.4 is 4.74 Å². The van der Waals surface area contributed by atoms with Crippen LogP contribution >= 0.6 is 0 Å². The van der Waals surface area contributed by atoms with Gasteiger partial charge in [0.05, 0.1) is 26.2 Å². The Hall–Kier alpha value is -1.88. The van der Waals surface area contributed by atoms with Gasteiger partial charge in [0, 0.05) is 18.3 Å². The van der Waals surface area contributed by atoms with Crippen molar-refractivity contribution in [2.45, 2.75) is 31.7 Å². The molecule has 0 N–H and O–H groups in total. The van der Waals surface area contributed by atoms with E-state index in [0.717, 1.165) is 17.6 Å². The van der Waals surface area contributed by atoms with E-state index in [2.05, 4.69) is 0 Å². The van der Waals surface area contributed by atoms with Gasteiger partial charge in [0.1, 0.15) is 18.1 Å². The molecule has 3 rings (SSSR count). The molecule has 5 nitrogen and oxygen atoms in total. The lowest BCUT2D eigenvalue weighted by Crippen LogP contribution is -2.24. The third-order valence-electron chi connectivity index (χ3n) is 4.33. The van der Waals surface area contributed by atoms with Crippen molar-refractivity contribution < 1.29 is 23.8 Å². The molecule has 1 saturated carbocycles. The molecule has 1 aromatic carbocycles. The van der Waals surface area contributed by atoms with Crippen molar-refractivity contribution in [1.82, 2.24) is 0 Å². The van der Waals surface area contributed by atoms with Crippen molar-refractivity contribution in [3.8, 4) is 5.75 Å². The van der Waals surface area contributed by atoms with Gasteiger partial charge < -0.3 is 19.0 Å². The van der Waals surface area contributed by atoms with Crippen LogP contribution in [0.1, 0.15) is 18.4 Å². The number of carbonyl (C=O) groups excluding carboxylic acids is 2. The summed E-state index contributed by atoms with van der Waals surface area (Å²) in [5.74, 6) is 0.327. The Morgan fingerprint density at radius 2 is 2.10 bits per heavy atom. The third-order valence-corrected chi connectivity index (χ3v) is 4.33. The molecule has 1 saturated heterocycles. The second-order valence-corrected chi connectivity index (χ2v) is 5.54. The Morgan fingerprint density at radius 1 is 1.33 bits per heavy atom. The second kappa shape index (κ2) is 5.85. The van der Waals surface area contributed by atoms with Crippen LogP contribution in [0.2, 0.25) is 0 Å². The van der Waals surface area contributed by atoms with Crippen molar-refractivity contribution in [1.29, 1.82) is 0 Å². The molecule has 4 atom stereocenters. The number of methoxy groups -OCH3 is 1. The molecule has 0 unspecified atom stereocenters. The summed E-state index contributed by atoms with van der Waals surface area (Å²) in [5.41, 5.74) is 1.02. The minimum absolute atomic E-state index is 0.0177. The van der Waals surface area contributed by atoms with Crippen LogP contribution in [-0.2, 0) is 25.7 Å². The number of ether oxygens (including phenoxy) is 3. The SMILES string of the molecule is COc1ccc(CO[C@@H]2C[C@@H]3OC(=O)C[C@@H]3[C@@H]2C=O)cc1.